The third-order valence-corrected chi connectivity index (χ3v) is 3.50. The summed E-state index contributed by atoms with van der Waals surface area (Å²) in [6, 6.07) is 7.32. The molecular weight excluding hydrogens is 256 g/mol. The zero-order valence-corrected chi connectivity index (χ0v) is 12.1. The van der Waals surface area contributed by atoms with Crippen LogP contribution in [0.5, 0.6) is 5.75 Å². The van der Waals surface area contributed by atoms with Crippen LogP contribution in [0, 0.1) is 5.92 Å². The normalized spacial score (nSPS) is 15.6. The van der Waals surface area contributed by atoms with Crippen molar-refractivity contribution < 1.29 is 14.3 Å². The average Bonchev–Trinajstić information content (AvgIpc) is 2.42. The third kappa shape index (κ3) is 3.10. The number of carbonyl (C=O) groups is 2. The highest BCUT2D eigenvalue weighted by atomic mass is 16.5. The minimum atomic E-state index is -0.198. The lowest BCUT2D eigenvalue weighted by molar-refractivity contribution is -0.125. The Hall–Kier alpha value is -2.04. The maximum atomic E-state index is 12.0. The van der Waals surface area contributed by atoms with Crippen LogP contribution in [0.3, 0.4) is 0 Å². The van der Waals surface area contributed by atoms with Crippen molar-refractivity contribution in [3.63, 3.8) is 0 Å². The van der Waals surface area contributed by atoms with Crippen molar-refractivity contribution in [1.29, 1.82) is 0 Å². The number of fused-ring (bicyclic) bond motifs is 1. The van der Waals surface area contributed by atoms with Crippen LogP contribution in [0.1, 0.15) is 20.8 Å². The highest BCUT2D eigenvalue weighted by molar-refractivity contribution is 6.02. The van der Waals surface area contributed by atoms with Crippen LogP contribution in [-0.2, 0) is 9.59 Å². The molecule has 0 bridgehead atoms. The minimum absolute atomic E-state index is 0.0238. The molecule has 1 aliphatic heterocycles. The fourth-order valence-corrected chi connectivity index (χ4v) is 1.94. The van der Waals surface area contributed by atoms with Gasteiger partial charge in [0.1, 0.15) is 12.3 Å². The summed E-state index contributed by atoms with van der Waals surface area (Å²) in [6.45, 7) is 6.04. The quantitative estimate of drug-likeness (QED) is 0.908. The molecular formula is C15H20N2O3. The number of ether oxygens (including phenoxy) is 1. The molecule has 5 heteroatoms. The molecule has 20 heavy (non-hydrogen) atoms. The van der Waals surface area contributed by atoms with Gasteiger partial charge < -0.3 is 10.1 Å². The summed E-state index contributed by atoms with van der Waals surface area (Å²) in [5, 5.41) is 2.90. The van der Waals surface area contributed by atoms with Crippen molar-refractivity contribution in [1.82, 2.24) is 5.32 Å². The molecule has 0 spiro atoms. The number of nitrogens with one attached hydrogen (secondary N) is 1. The average molecular weight is 276 g/mol. The van der Waals surface area contributed by atoms with Gasteiger partial charge in [-0.15, -0.1) is 0 Å². The molecule has 2 amide bonds. The van der Waals surface area contributed by atoms with E-state index in [4.69, 9.17) is 4.74 Å². The summed E-state index contributed by atoms with van der Waals surface area (Å²) in [5.74, 6) is 0.635. The van der Waals surface area contributed by atoms with E-state index in [2.05, 4.69) is 5.32 Å². The zero-order valence-electron chi connectivity index (χ0n) is 12.1. The molecule has 0 unspecified atom stereocenters. The van der Waals surface area contributed by atoms with Crippen molar-refractivity contribution >= 4 is 17.5 Å². The molecule has 2 rings (SSSR count). The molecule has 0 radical (unpaired) electrons. The summed E-state index contributed by atoms with van der Waals surface area (Å²) in [4.78, 5) is 25.4. The highest BCUT2D eigenvalue weighted by Gasteiger charge is 2.27. The van der Waals surface area contributed by atoms with Gasteiger partial charge in [-0.3, -0.25) is 14.5 Å². The van der Waals surface area contributed by atoms with Crippen LogP contribution in [0.15, 0.2) is 24.3 Å². The van der Waals surface area contributed by atoms with Crippen LogP contribution in [0.2, 0.25) is 0 Å². The predicted molar refractivity (Wildman–Crippen MR) is 76.7 cm³/mol. The number of nitrogens with zero attached hydrogens (tertiary/aromatic N) is 1. The number of hydrogen-bond donors (Lipinski definition) is 1. The summed E-state index contributed by atoms with van der Waals surface area (Å²) in [7, 11) is 0. The first-order chi connectivity index (χ1) is 9.49. The van der Waals surface area contributed by atoms with Gasteiger partial charge in [0, 0.05) is 6.04 Å². The van der Waals surface area contributed by atoms with E-state index in [1.807, 2.05) is 32.9 Å². The molecule has 1 atom stereocenters. The smallest absolute Gasteiger partial charge is 0.265 e. The third-order valence-electron chi connectivity index (χ3n) is 3.50. The second kappa shape index (κ2) is 5.94. The monoisotopic (exact) mass is 276 g/mol. The van der Waals surface area contributed by atoms with Crippen molar-refractivity contribution in [2.24, 2.45) is 5.92 Å². The number of para-hydroxylation sites is 2. The Morgan fingerprint density at radius 1 is 1.35 bits per heavy atom. The minimum Gasteiger partial charge on any atom is -0.482 e. The molecule has 0 aromatic heterocycles. The van der Waals surface area contributed by atoms with Gasteiger partial charge in [0.15, 0.2) is 6.61 Å². The van der Waals surface area contributed by atoms with Gasteiger partial charge in [0.05, 0.1) is 5.69 Å². The summed E-state index contributed by atoms with van der Waals surface area (Å²) in [6.07, 6.45) is 0. The molecule has 5 nitrogen and oxygen atoms in total. The molecule has 1 aromatic rings. The molecule has 1 aliphatic rings. The first kappa shape index (κ1) is 14.4. The van der Waals surface area contributed by atoms with E-state index in [9.17, 15) is 9.59 Å². The van der Waals surface area contributed by atoms with Crippen LogP contribution in [0.4, 0.5) is 5.69 Å². The van der Waals surface area contributed by atoms with E-state index in [0.29, 0.717) is 17.4 Å². The lowest BCUT2D eigenvalue weighted by Gasteiger charge is -2.29. The number of hydrogen-bond acceptors (Lipinski definition) is 3. The number of benzene rings is 1. The topological polar surface area (TPSA) is 58.6 Å². The van der Waals surface area contributed by atoms with Crippen molar-refractivity contribution in [3.8, 4) is 5.75 Å². The van der Waals surface area contributed by atoms with E-state index in [1.165, 1.54) is 4.90 Å². The highest BCUT2D eigenvalue weighted by Crippen LogP contribution is 2.31. The van der Waals surface area contributed by atoms with E-state index in [0.717, 1.165) is 0 Å². The van der Waals surface area contributed by atoms with Gasteiger partial charge in [0.25, 0.3) is 5.91 Å². The van der Waals surface area contributed by atoms with E-state index >= 15 is 0 Å². The summed E-state index contributed by atoms with van der Waals surface area (Å²) in [5.41, 5.74) is 0.649. The van der Waals surface area contributed by atoms with E-state index in [1.54, 1.807) is 12.1 Å². The molecule has 0 saturated carbocycles. The molecule has 108 valence electrons. The van der Waals surface area contributed by atoms with Gasteiger partial charge in [-0.1, -0.05) is 26.0 Å². The second-order valence-corrected chi connectivity index (χ2v) is 5.34. The fourth-order valence-electron chi connectivity index (χ4n) is 1.94. The summed E-state index contributed by atoms with van der Waals surface area (Å²) < 4.78 is 5.34. The van der Waals surface area contributed by atoms with Crippen LogP contribution < -0.4 is 15.0 Å². The Balaban J connectivity index is 2.09. The van der Waals surface area contributed by atoms with Gasteiger partial charge >= 0.3 is 0 Å². The Bertz CT molecular complexity index is 514. The number of rotatable bonds is 4. The number of anilines is 1. The van der Waals surface area contributed by atoms with Crippen molar-refractivity contribution in [2.75, 3.05) is 18.1 Å². The molecule has 1 N–H and O–H groups in total. The van der Waals surface area contributed by atoms with Crippen LogP contribution in [-0.4, -0.2) is 31.0 Å². The van der Waals surface area contributed by atoms with Crippen LogP contribution in [0.25, 0.3) is 0 Å². The van der Waals surface area contributed by atoms with Crippen LogP contribution >= 0.6 is 0 Å². The fraction of sp³-hybridized carbons (Fsp3) is 0.467. The van der Waals surface area contributed by atoms with Gasteiger partial charge in [-0.25, -0.2) is 0 Å². The Labute approximate surface area is 118 Å². The second-order valence-electron chi connectivity index (χ2n) is 5.34. The molecule has 0 saturated heterocycles. The predicted octanol–water partition coefficient (Wildman–Crippen LogP) is 1.57. The first-order valence-corrected chi connectivity index (χ1v) is 6.80. The maximum absolute atomic E-state index is 12.0. The Kier molecular flexibility index (Phi) is 4.27. The molecule has 1 heterocycles. The Morgan fingerprint density at radius 2 is 2.05 bits per heavy atom. The lowest BCUT2D eigenvalue weighted by atomic mass is 10.1. The molecule has 0 fully saturated rings. The van der Waals surface area contributed by atoms with Crippen molar-refractivity contribution in [3.05, 3.63) is 24.3 Å². The number of carbonyl (C=O) groups excluding carboxylic acids is 2. The maximum Gasteiger partial charge on any atom is 0.265 e. The first-order valence-electron chi connectivity index (χ1n) is 6.80. The molecule has 0 aliphatic carbocycles. The van der Waals surface area contributed by atoms with Gasteiger partial charge in [-0.05, 0) is 25.0 Å². The number of amides is 2. The summed E-state index contributed by atoms with van der Waals surface area (Å²) >= 11 is 0. The standard InChI is InChI=1S/C15H20N2O3/c1-10(2)11(3)16-14(18)8-17-12-6-4-5-7-13(12)20-9-15(17)19/h4-7,10-11H,8-9H2,1-3H3,(H,16,18)/t11-/m0/s1. The van der Waals surface area contributed by atoms with Gasteiger partial charge in [0.2, 0.25) is 5.91 Å². The Morgan fingerprint density at radius 3 is 2.75 bits per heavy atom. The van der Waals surface area contributed by atoms with Crippen molar-refractivity contribution in [2.45, 2.75) is 26.8 Å². The van der Waals surface area contributed by atoms with Gasteiger partial charge in [-0.2, -0.15) is 0 Å². The lowest BCUT2D eigenvalue weighted by Crippen LogP contribution is -2.47. The molecule has 1 aromatic carbocycles. The SMILES string of the molecule is CC(C)[C@H](C)NC(=O)CN1C(=O)COc2ccccc21. The van der Waals surface area contributed by atoms with E-state index in [-0.39, 0.29) is 31.0 Å². The largest absolute Gasteiger partial charge is 0.482 e. The van der Waals surface area contributed by atoms with E-state index < -0.39 is 0 Å². The zero-order chi connectivity index (χ0) is 14.7.